The number of sulfonamides is 1. The molecule has 1 atom stereocenters. The lowest BCUT2D eigenvalue weighted by Crippen LogP contribution is -2.42. The molecule has 1 saturated heterocycles. The number of carbonyl (C=O) groups is 1. The van der Waals surface area contributed by atoms with Crippen LogP contribution in [0.4, 0.5) is 18.0 Å². The highest BCUT2D eigenvalue weighted by molar-refractivity contribution is 7.89. The van der Waals surface area contributed by atoms with Crippen LogP contribution >= 0.6 is 0 Å². The summed E-state index contributed by atoms with van der Waals surface area (Å²) in [5, 5.41) is 5.01. The summed E-state index contributed by atoms with van der Waals surface area (Å²) in [6, 6.07) is 4.92. The lowest BCUT2D eigenvalue weighted by molar-refractivity contribution is -0.174. The molecule has 1 aromatic rings. The molecule has 1 aliphatic rings. The Morgan fingerprint density at radius 1 is 1.24 bits per heavy atom. The van der Waals surface area contributed by atoms with Crippen molar-refractivity contribution < 1.29 is 35.9 Å². The lowest BCUT2D eigenvalue weighted by Gasteiger charge is -2.26. The molecule has 2 rings (SSSR count). The summed E-state index contributed by atoms with van der Waals surface area (Å²) >= 11 is 0. The second kappa shape index (κ2) is 10.2. The van der Waals surface area contributed by atoms with Crippen LogP contribution in [0.15, 0.2) is 29.2 Å². The van der Waals surface area contributed by atoms with E-state index in [-0.39, 0.29) is 18.0 Å². The predicted molar refractivity (Wildman–Crippen MR) is 97.7 cm³/mol. The van der Waals surface area contributed by atoms with E-state index in [4.69, 9.17) is 4.74 Å². The van der Waals surface area contributed by atoms with Crippen LogP contribution in [0.5, 0.6) is 0 Å². The summed E-state index contributed by atoms with van der Waals surface area (Å²) in [6.07, 6.45) is -4.41. The van der Waals surface area contributed by atoms with Gasteiger partial charge >= 0.3 is 12.2 Å². The Kier molecular flexibility index (Phi) is 8.25. The Balaban J connectivity index is 1.78. The van der Waals surface area contributed by atoms with Crippen molar-refractivity contribution >= 4 is 16.1 Å². The van der Waals surface area contributed by atoms with E-state index in [9.17, 15) is 26.4 Å². The van der Waals surface area contributed by atoms with Gasteiger partial charge in [-0.15, -0.1) is 0 Å². The molecule has 8 nitrogen and oxygen atoms in total. The van der Waals surface area contributed by atoms with Crippen LogP contribution in [0.2, 0.25) is 0 Å². The molecule has 1 unspecified atom stereocenters. The molecule has 0 aliphatic carbocycles. The Morgan fingerprint density at radius 2 is 1.86 bits per heavy atom. The van der Waals surface area contributed by atoms with Crippen molar-refractivity contribution in [3.63, 3.8) is 0 Å². The molecule has 2 N–H and O–H groups in total. The minimum Gasteiger partial charge on any atom is -0.379 e. The minimum absolute atomic E-state index is 0.125. The second-order valence-corrected chi connectivity index (χ2v) is 8.46. The van der Waals surface area contributed by atoms with Crippen molar-refractivity contribution in [3.8, 4) is 0 Å². The van der Waals surface area contributed by atoms with Gasteiger partial charge in [-0.1, -0.05) is 12.1 Å². The van der Waals surface area contributed by atoms with E-state index in [1.165, 1.54) is 23.4 Å². The van der Waals surface area contributed by atoms with Crippen LogP contribution < -0.4 is 10.6 Å². The molecule has 12 heteroatoms. The van der Waals surface area contributed by atoms with Crippen molar-refractivity contribution in [1.29, 1.82) is 0 Å². The number of rotatable bonds is 8. The average molecular weight is 439 g/mol. The van der Waals surface area contributed by atoms with Gasteiger partial charge in [-0.3, -0.25) is 0 Å². The fraction of sp³-hybridized carbons (Fsp3) is 0.588. The number of benzene rings is 1. The largest absolute Gasteiger partial charge is 0.411 e. The third kappa shape index (κ3) is 7.80. The Morgan fingerprint density at radius 3 is 2.45 bits per heavy atom. The molecule has 1 fully saturated rings. The van der Waals surface area contributed by atoms with Crippen LogP contribution in [-0.2, 0) is 26.0 Å². The van der Waals surface area contributed by atoms with Gasteiger partial charge in [0.1, 0.15) is 6.61 Å². The van der Waals surface area contributed by atoms with Crippen molar-refractivity contribution in [2.24, 2.45) is 0 Å². The number of ether oxygens (including phenoxy) is 2. The van der Waals surface area contributed by atoms with Crippen LogP contribution in [0.1, 0.15) is 12.5 Å². The number of amides is 2. The van der Waals surface area contributed by atoms with Crippen molar-refractivity contribution in [2.75, 3.05) is 39.5 Å². The van der Waals surface area contributed by atoms with E-state index >= 15 is 0 Å². The van der Waals surface area contributed by atoms with E-state index in [2.05, 4.69) is 15.4 Å². The minimum atomic E-state index is -4.41. The number of hydrogen-bond acceptors (Lipinski definition) is 5. The van der Waals surface area contributed by atoms with Crippen LogP contribution in [-0.4, -0.2) is 70.5 Å². The fourth-order valence-corrected chi connectivity index (χ4v) is 3.97. The maximum absolute atomic E-state index is 12.5. The fourth-order valence-electron chi connectivity index (χ4n) is 2.57. The summed E-state index contributed by atoms with van der Waals surface area (Å²) < 4.78 is 72.1. The first-order valence-corrected chi connectivity index (χ1v) is 10.4. The third-order valence-corrected chi connectivity index (χ3v) is 5.91. The Hall–Kier alpha value is -1.89. The van der Waals surface area contributed by atoms with Gasteiger partial charge in [0.05, 0.1) is 30.8 Å². The second-order valence-electron chi connectivity index (χ2n) is 6.52. The Bertz CT molecular complexity index is 766. The normalized spacial score (nSPS) is 17.0. The van der Waals surface area contributed by atoms with E-state index in [0.29, 0.717) is 31.9 Å². The first-order valence-electron chi connectivity index (χ1n) is 8.93. The highest BCUT2D eigenvalue weighted by Gasteiger charge is 2.28. The molecule has 164 valence electrons. The summed E-state index contributed by atoms with van der Waals surface area (Å²) in [5.74, 6) is 0. The quantitative estimate of drug-likeness (QED) is 0.640. The molecular weight excluding hydrogens is 415 g/mol. The molecule has 0 radical (unpaired) electrons. The highest BCUT2D eigenvalue weighted by Crippen LogP contribution is 2.18. The van der Waals surface area contributed by atoms with Crippen LogP contribution in [0, 0.1) is 0 Å². The lowest BCUT2D eigenvalue weighted by atomic mass is 10.2. The van der Waals surface area contributed by atoms with Crippen LogP contribution in [0.3, 0.4) is 0 Å². The van der Waals surface area contributed by atoms with Gasteiger partial charge in [0.2, 0.25) is 10.0 Å². The highest BCUT2D eigenvalue weighted by atomic mass is 32.2. The topological polar surface area (TPSA) is 97.0 Å². The number of carbonyl (C=O) groups excluding carboxylic acids is 1. The molecular formula is C17H24F3N3O5S. The van der Waals surface area contributed by atoms with Crippen molar-refractivity contribution in [3.05, 3.63) is 29.8 Å². The molecule has 0 bridgehead atoms. The van der Waals surface area contributed by atoms with Gasteiger partial charge < -0.3 is 20.1 Å². The van der Waals surface area contributed by atoms with E-state index in [0.717, 1.165) is 0 Å². The zero-order chi connectivity index (χ0) is 21.5. The maximum atomic E-state index is 12.5. The first-order chi connectivity index (χ1) is 13.6. The molecule has 0 aromatic heterocycles. The number of halogens is 3. The molecule has 1 aromatic carbocycles. The zero-order valence-corrected chi connectivity index (χ0v) is 16.7. The van der Waals surface area contributed by atoms with E-state index in [1.807, 2.05) is 0 Å². The van der Waals surface area contributed by atoms with Crippen LogP contribution in [0.25, 0.3) is 0 Å². The first kappa shape index (κ1) is 23.4. The predicted octanol–water partition coefficient (Wildman–Crippen LogP) is 1.47. The number of hydrogen-bond donors (Lipinski definition) is 2. The van der Waals surface area contributed by atoms with E-state index in [1.54, 1.807) is 12.1 Å². The molecule has 0 spiro atoms. The maximum Gasteiger partial charge on any atom is 0.411 e. The summed E-state index contributed by atoms with van der Waals surface area (Å²) in [6.45, 7) is 1.31. The molecule has 29 heavy (non-hydrogen) atoms. The number of nitrogens with zero attached hydrogens (tertiary/aromatic N) is 1. The number of urea groups is 1. The van der Waals surface area contributed by atoms with Gasteiger partial charge in [0.25, 0.3) is 0 Å². The van der Waals surface area contributed by atoms with Gasteiger partial charge in [-0.05, 0) is 24.6 Å². The zero-order valence-electron chi connectivity index (χ0n) is 15.9. The monoisotopic (exact) mass is 439 g/mol. The number of alkyl halides is 3. The van der Waals surface area contributed by atoms with Gasteiger partial charge in [-0.2, -0.15) is 17.5 Å². The van der Waals surface area contributed by atoms with Crippen molar-refractivity contribution in [1.82, 2.24) is 14.9 Å². The third-order valence-electron chi connectivity index (χ3n) is 4.00. The molecule has 1 heterocycles. The number of morpholine rings is 1. The van der Waals surface area contributed by atoms with E-state index < -0.39 is 34.9 Å². The SMILES string of the molecule is CC(COCC(F)(F)F)NC(=O)NCc1ccc(S(=O)(=O)N2CCOCC2)cc1. The standard InChI is InChI=1S/C17H24F3N3O5S/c1-13(11-28-12-17(18,19)20)22-16(24)21-10-14-2-4-15(5-3-14)29(25,26)23-6-8-27-9-7-23/h2-5,13H,6-12H2,1H3,(H2,21,22,24). The Labute approximate surface area is 167 Å². The van der Waals surface area contributed by atoms with Crippen molar-refractivity contribution in [2.45, 2.75) is 30.6 Å². The summed E-state index contributed by atoms with van der Waals surface area (Å²) in [7, 11) is -3.59. The molecule has 0 saturated carbocycles. The summed E-state index contributed by atoms with van der Waals surface area (Å²) in [4.78, 5) is 12.0. The number of nitrogens with one attached hydrogen (secondary N) is 2. The average Bonchev–Trinajstić information content (AvgIpc) is 2.66. The molecule has 1 aliphatic heterocycles. The van der Waals surface area contributed by atoms with Gasteiger partial charge in [-0.25, -0.2) is 13.2 Å². The van der Waals surface area contributed by atoms with Gasteiger partial charge in [0.15, 0.2) is 0 Å². The smallest absolute Gasteiger partial charge is 0.379 e. The molecule has 2 amide bonds. The summed E-state index contributed by atoms with van der Waals surface area (Å²) in [5.41, 5.74) is 0.669. The van der Waals surface area contributed by atoms with Gasteiger partial charge in [0, 0.05) is 19.6 Å².